The normalized spacial score (nSPS) is 15.1. The maximum atomic E-state index is 13.5. The Morgan fingerprint density at radius 2 is 1.81 bits per heavy atom. The summed E-state index contributed by atoms with van der Waals surface area (Å²) in [6, 6.07) is 9.49. The van der Waals surface area contributed by atoms with E-state index in [1.54, 1.807) is 12.1 Å². The van der Waals surface area contributed by atoms with Crippen molar-refractivity contribution >= 4 is 26.9 Å². The fourth-order valence-electron chi connectivity index (χ4n) is 3.84. The third-order valence-corrected chi connectivity index (χ3v) is 7.07. The van der Waals surface area contributed by atoms with Crippen LogP contribution in [-0.2, 0) is 21.4 Å². The molecule has 1 aromatic heterocycles. The molecule has 1 saturated heterocycles. The van der Waals surface area contributed by atoms with Crippen LogP contribution in [0.5, 0.6) is 11.6 Å². The lowest BCUT2D eigenvalue weighted by Crippen LogP contribution is -2.42. The zero-order valence-corrected chi connectivity index (χ0v) is 18.6. The minimum absolute atomic E-state index is 0.128. The lowest BCUT2D eigenvalue weighted by atomic mass is 10.1. The van der Waals surface area contributed by atoms with Crippen LogP contribution in [0.3, 0.4) is 0 Å². The van der Waals surface area contributed by atoms with Crippen molar-refractivity contribution < 1.29 is 27.1 Å². The first kappa shape index (κ1) is 22.3. The molecule has 0 amide bonds. The van der Waals surface area contributed by atoms with E-state index >= 15 is 0 Å². The van der Waals surface area contributed by atoms with Crippen molar-refractivity contribution in [2.24, 2.45) is 0 Å². The van der Waals surface area contributed by atoms with Gasteiger partial charge in [0.1, 0.15) is 11.6 Å². The number of halogens is 1. The minimum atomic E-state index is -4.20. The first-order valence-corrected chi connectivity index (χ1v) is 11.6. The standard InChI is InChI=1S/C22H24FN3O5S/c1-15(27)31-22-13-20-16(14-25-9-7-24-8-10-25)11-18(30-2)12-21(20)26(22)32(28,29)19-5-3-17(23)4-6-19/h3-6,11-13,24H,7-10,14H2,1-2H3. The highest BCUT2D eigenvalue weighted by atomic mass is 32.2. The van der Waals surface area contributed by atoms with Crippen molar-refractivity contribution in [1.29, 1.82) is 0 Å². The Labute approximate surface area is 185 Å². The molecule has 1 N–H and O–H groups in total. The summed E-state index contributed by atoms with van der Waals surface area (Å²) in [6.07, 6.45) is 0. The van der Waals surface area contributed by atoms with Gasteiger partial charge >= 0.3 is 5.97 Å². The van der Waals surface area contributed by atoms with Gasteiger partial charge in [-0.3, -0.25) is 9.69 Å². The van der Waals surface area contributed by atoms with Crippen LogP contribution in [0.1, 0.15) is 12.5 Å². The summed E-state index contributed by atoms with van der Waals surface area (Å²) in [4.78, 5) is 13.9. The number of carbonyl (C=O) groups excluding carboxylic acids is 1. The Morgan fingerprint density at radius 1 is 1.12 bits per heavy atom. The number of hydrogen-bond donors (Lipinski definition) is 1. The zero-order valence-electron chi connectivity index (χ0n) is 17.8. The topological polar surface area (TPSA) is 89.9 Å². The summed E-state index contributed by atoms with van der Waals surface area (Å²) in [5.41, 5.74) is 1.16. The maximum Gasteiger partial charge on any atom is 0.309 e. The molecule has 0 saturated carbocycles. The summed E-state index contributed by atoms with van der Waals surface area (Å²) in [6.45, 7) is 5.22. The van der Waals surface area contributed by atoms with Gasteiger partial charge in [0.15, 0.2) is 0 Å². The summed E-state index contributed by atoms with van der Waals surface area (Å²) in [5.74, 6) is -0.863. The molecule has 170 valence electrons. The monoisotopic (exact) mass is 461 g/mol. The Morgan fingerprint density at radius 3 is 2.44 bits per heavy atom. The molecular formula is C22H24FN3O5S. The van der Waals surface area contributed by atoms with Crippen molar-refractivity contribution in [2.45, 2.75) is 18.4 Å². The quantitative estimate of drug-likeness (QED) is 0.564. The number of benzene rings is 2. The van der Waals surface area contributed by atoms with Gasteiger partial charge in [-0.25, -0.2) is 16.8 Å². The highest BCUT2D eigenvalue weighted by Crippen LogP contribution is 2.36. The number of carbonyl (C=O) groups is 1. The Kier molecular flexibility index (Phi) is 6.18. The van der Waals surface area contributed by atoms with Crippen molar-refractivity contribution in [3.05, 3.63) is 53.8 Å². The average molecular weight is 462 g/mol. The SMILES string of the molecule is COc1cc(CN2CCNCC2)c2cc(OC(C)=O)n(S(=O)(=O)c3ccc(F)cc3)c2c1. The van der Waals surface area contributed by atoms with Gasteiger partial charge < -0.3 is 14.8 Å². The van der Waals surface area contributed by atoms with Gasteiger partial charge in [0, 0.05) is 57.2 Å². The molecule has 2 aromatic carbocycles. The number of rotatable bonds is 6. The lowest BCUT2D eigenvalue weighted by molar-refractivity contribution is -0.132. The molecule has 0 unspecified atom stereocenters. The van der Waals surface area contributed by atoms with Crippen LogP contribution in [-0.4, -0.2) is 56.5 Å². The summed E-state index contributed by atoms with van der Waals surface area (Å²) < 4.78 is 52.1. The fourth-order valence-corrected chi connectivity index (χ4v) is 5.27. The fraction of sp³-hybridized carbons (Fsp3) is 0.318. The Bertz CT molecular complexity index is 1250. The molecule has 0 spiro atoms. The van der Waals surface area contributed by atoms with Crippen LogP contribution in [0.4, 0.5) is 4.39 Å². The number of esters is 1. The van der Waals surface area contributed by atoms with E-state index in [9.17, 15) is 17.6 Å². The number of aromatic nitrogens is 1. The van der Waals surface area contributed by atoms with E-state index in [0.29, 0.717) is 23.2 Å². The number of methoxy groups -OCH3 is 1. The smallest absolute Gasteiger partial charge is 0.309 e. The van der Waals surface area contributed by atoms with Crippen molar-refractivity contribution in [2.75, 3.05) is 33.3 Å². The third kappa shape index (κ3) is 4.34. The van der Waals surface area contributed by atoms with E-state index in [-0.39, 0.29) is 10.8 Å². The molecule has 3 aromatic rings. The molecule has 0 atom stereocenters. The van der Waals surface area contributed by atoms with Crippen LogP contribution < -0.4 is 14.8 Å². The Balaban J connectivity index is 1.93. The van der Waals surface area contributed by atoms with Crippen LogP contribution >= 0.6 is 0 Å². The molecule has 8 nitrogen and oxygen atoms in total. The molecule has 10 heteroatoms. The highest BCUT2D eigenvalue weighted by Gasteiger charge is 2.27. The second-order valence-electron chi connectivity index (χ2n) is 7.55. The first-order chi connectivity index (χ1) is 15.3. The van der Waals surface area contributed by atoms with E-state index in [1.807, 2.05) is 6.07 Å². The van der Waals surface area contributed by atoms with Crippen molar-refractivity contribution in [1.82, 2.24) is 14.2 Å². The zero-order chi connectivity index (χ0) is 22.9. The second-order valence-corrected chi connectivity index (χ2v) is 9.33. The molecule has 1 fully saturated rings. The van der Waals surface area contributed by atoms with Gasteiger partial charge in [-0.1, -0.05) is 0 Å². The molecule has 1 aliphatic heterocycles. The number of piperazine rings is 1. The average Bonchev–Trinajstić information content (AvgIpc) is 3.13. The maximum absolute atomic E-state index is 13.5. The largest absolute Gasteiger partial charge is 0.497 e. The van der Waals surface area contributed by atoms with Gasteiger partial charge in [0.25, 0.3) is 10.0 Å². The van der Waals surface area contributed by atoms with E-state index in [1.165, 1.54) is 26.2 Å². The van der Waals surface area contributed by atoms with Crippen LogP contribution in [0, 0.1) is 5.82 Å². The van der Waals surface area contributed by atoms with Crippen LogP contribution in [0.25, 0.3) is 10.9 Å². The molecule has 1 aliphatic rings. The van der Waals surface area contributed by atoms with Crippen molar-refractivity contribution in [3.8, 4) is 11.6 Å². The van der Waals surface area contributed by atoms with Gasteiger partial charge in [-0.2, -0.15) is 0 Å². The predicted molar refractivity (Wildman–Crippen MR) is 117 cm³/mol. The molecule has 0 bridgehead atoms. The molecular weight excluding hydrogens is 437 g/mol. The number of fused-ring (bicyclic) bond motifs is 1. The predicted octanol–water partition coefficient (Wildman–Crippen LogP) is 2.36. The number of ether oxygens (including phenoxy) is 2. The van der Waals surface area contributed by atoms with E-state index in [4.69, 9.17) is 9.47 Å². The number of nitrogens with zero attached hydrogens (tertiary/aromatic N) is 2. The molecule has 4 rings (SSSR count). The minimum Gasteiger partial charge on any atom is -0.497 e. The van der Waals surface area contributed by atoms with Gasteiger partial charge in [-0.05, 0) is 35.9 Å². The van der Waals surface area contributed by atoms with Gasteiger partial charge in [0.05, 0.1) is 17.5 Å². The Hall–Kier alpha value is -2.95. The van der Waals surface area contributed by atoms with Crippen LogP contribution in [0.2, 0.25) is 0 Å². The van der Waals surface area contributed by atoms with E-state index in [0.717, 1.165) is 47.8 Å². The molecule has 0 radical (unpaired) electrons. The summed E-state index contributed by atoms with van der Waals surface area (Å²) >= 11 is 0. The number of hydrogen-bond acceptors (Lipinski definition) is 7. The molecule has 2 heterocycles. The summed E-state index contributed by atoms with van der Waals surface area (Å²) in [5, 5.41) is 3.93. The van der Waals surface area contributed by atoms with E-state index < -0.39 is 21.8 Å². The lowest BCUT2D eigenvalue weighted by Gasteiger charge is -2.27. The van der Waals surface area contributed by atoms with Gasteiger partial charge in [-0.15, -0.1) is 0 Å². The third-order valence-electron chi connectivity index (χ3n) is 5.34. The van der Waals surface area contributed by atoms with Crippen LogP contribution in [0.15, 0.2) is 47.4 Å². The first-order valence-electron chi connectivity index (χ1n) is 10.1. The van der Waals surface area contributed by atoms with Gasteiger partial charge in [0.2, 0.25) is 5.88 Å². The summed E-state index contributed by atoms with van der Waals surface area (Å²) in [7, 11) is -2.69. The molecule has 32 heavy (non-hydrogen) atoms. The van der Waals surface area contributed by atoms with Crippen molar-refractivity contribution in [3.63, 3.8) is 0 Å². The second kappa shape index (κ2) is 8.89. The molecule has 0 aliphatic carbocycles. The number of nitrogens with one attached hydrogen (secondary N) is 1. The highest BCUT2D eigenvalue weighted by molar-refractivity contribution is 7.90. The van der Waals surface area contributed by atoms with E-state index in [2.05, 4.69) is 10.2 Å².